The lowest BCUT2D eigenvalue weighted by Gasteiger charge is -2.21. The fourth-order valence-corrected chi connectivity index (χ4v) is 13.3. The standard InChI is InChI=1S/C77H150O17P2/c1-8-10-11-12-13-14-15-16-17-18-19-20-21-22-23-24-25-26-31-37-46-53-60-76(81)93-72(64-87-74(79)58-51-44-36-30-28-27-29-35-43-50-57-70(7)9-2)66-91-95(83,84)89-62-71(78)63-90-96(85,86)92-67-73(65-88-75(80)59-52-45-40-39-42-49-56-69(5)6)94-77(82)61-54-47-38-33-32-34-41-48-55-68(3)4/h68-73,78H,8-67H2,1-7H3,(H,83,84)(H,85,86)/t70?,71-,72-,73-/m1/s1. The number of phosphoric acid groups is 2. The van der Waals surface area contributed by atoms with E-state index in [9.17, 15) is 43.2 Å². The minimum atomic E-state index is -4.96. The maximum absolute atomic E-state index is 13.1. The Morgan fingerprint density at radius 1 is 0.302 bits per heavy atom. The Hall–Kier alpha value is -1.94. The van der Waals surface area contributed by atoms with Crippen LogP contribution in [0.2, 0.25) is 0 Å². The summed E-state index contributed by atoms with van der Waals surface area (Å²) >= 11 is 0. The van der Waals surface area contributed by atoms with Gasteiger partial charge in [0.05, 0.1) is 26.4 Å². The van der Waals surface area contributed by atoms with Crippen molar-refractivity contribution in [2.24, 2.45) is 17.8 Å². The molecule has 0 rings (SSSR count). The first kappa shape index (κ1) is 94.1. The summed E-state index contributed by atoms with van der Waals surface area (Å²) in [4.78, 5) is 72.7. The number of esters is 4. The van der Waals surface area contributed by atoms with E-state index in [2.05, 4.69) is 48.5 Å². The summed E-state index contributed by atoms with van der Waals surface area (Å²) in [6, 6.07) is 0. The van der Waals surface area contributed by atoms with Crippen LogP contribution in [0.4, 0.5) is 0 Å². The number of hydrogen-bond acceptors (Lipinski definition) is 15. The van der Waals surface area contributed by atoms with Crippen LogP contribution in [-0.4, -0.2) is 96.7 Å². The lowest BCUT2D eigenvalue weighted by Crippen LogP contribution is -2.30. The van der Waals surface area contributed by atoms with Crippen LogP contribution in [0.15, 0.2) is 0 Å². The molecule has 0 saturated heterocycles. The number of aliphatic hydroxyl groups excluding tert-OH is 1. The van der Waals surface area contributed by atoms with E-state index >= 15 is 0 Å². The second-order valence-corrected chi connectivity index (χ2v) is 31.8. The van der Waals surface area contributed by atoms with Gasteiger partial charge in [-0.05, 0) is 43.4 Å². The summed E-state index contributed by atoms with van der Waals surface area (Å²) in [5.74, 6) is 0.0842. The molecule has 0 aromatic rings. The van der Waals surface area contributed by atoms with Gasteiger partial charge in [0.2, 0.25) is 0 Å². The van der Waals surface area contributed by atoms with E-state index in [-0.39, 0.29) is 25.7 Å². The highest BCUT2D eigenvalue weighted by Gasteiger charge is 2.30. The molecule has 19 heteroatoms. The molecule has 0 radical (unpaired) electrons. The van der Waals surface area contributed by atoms with Crippen molar-refractivity contribution in [2.75, 3.05) is 39.6 Å². The molecule has 0 heterocycles. The average molecular weight is 1410 g/mol. The normalized spacial score (nSPS) is 14.3. The molecule has 6 atom stereocenters. The highest BCUT2D eigenvalue weighted by Crippen LogP contribution is 2.45. The Kier molecular flexibility index (Phi) is 66.2. The molecule has 96 heavy (non-hydrogen) atoms. The fraction of sp³-hybridized carbons (Fsp3) is 0.948. The second kappa shape index (κ2) is 67.5. The van der Waals surface area contributed by atoms with Crippen LogP contribution in [0.25, 0.3) is 0 Å². The van der Waals surface area contributed by atoms with Gasteiger partial charge in [0.15, 0.2) is 12.2 Å². The monoisotopic (exact) mass is 1410 g/mol. The van der Waals surface area contributed by atoms with Crippen molar-refractivity contribution in [1.82, 2.24) is 0 Å². The minimum Gasteiger partial charge on any atom is -0.462 e. The zero-order valence-electron chi connectivity index (χ0n) is 62.8. The molecule has 0 bridgehead atoms. The van der Waals surface area contributed by atoms with E-state index in [0.717, 1.165) is 108 Å². The molecule has 0 aliphatic rings. The molecule has 3 N–H and O–H groups in total. The predicted molar refractivity (Wildman–Crippen MR) is 391 cm³/mol. The first-order valence-corrected chi connectivity index (χ1v) is 42.9. The van der Waals surface area contributed by atoms with E-state index in [1.165, 1.54) is 199 Å². The van der Waals surface area contributed by atoms with E-state index in [4.69, 9.17) is 37.0 Å². The quantitative estimate of drug-likeness (QED) is 0.0222. The van der Waals surface area contributed by atoms with Gasteiger partial charge in [0.1, 0.15) is 19.3 Å². The molecular formula is C77H150O17P2. The average Bonchev–Trinajstić information content (AvgIpc) is 1.35. The molecule has 570 valence electrons. The van der Waals surface area contributed by atoms with Crippen LogP contribution in [0.1, 0.15) is 395 Å². The third kappa shape index (κ3) is 69.2. The summed E-state index contributed by atoms with van der Waals surface area (Å²) in [6.45, 7) is 11.8. The highest BCUT2D eigenvalue weighted by molar-refractivity contribution is 7.47. The maximum Gasteiger partial charge on any atom is 0.472 e. The molecule has 0 aromatic heterocycles. The maximum atomic E-state index is 13.1. The van der Waals surface area contributed by atoms with Crippen LogP contribution in [0.5, 0.6) is 0 Å². The first-order chi connectivity index (χ1) is 46.3. The predicted octanol–water partition coefficient (Wildman–Crippen LogP) is 22.6. The number of unbranched alkanes of at least 4 members (excludes halogenated alkanes) is 42. The summed E-state index contributed by atoms with van der Waals surface area (Å²) < 4.78 is 68.5. The zero-order valence-corrected chi connectivity index (χ0v) is 64.6. The van der Waals surface area contributed by atoms with Gasteiger partial charge in [-0.25, -0.2) is 9.13 Å². The van der Waals surface area contributed by atoms with Gasteiger partial charge >= 0.3 is 39.5 Å². The smallest absolute Gasteiger partial charge is 0.462 e. The van der Waals surface area contributed by atoms with Gasteiger partial charge in [-0.3, -0.25) is 37.3 Å². The van der Waals surface area contributed by atoms with Gasteiger partial charge in [-0.15, -0.1) is 0 Å². The molecule has 0 spiro atoms. The number of rotatable bonds is 75. The van der Waals surface area contributed by atoms with Crippen LogP contribution >= 0.6 is 15.6 Å². The number of ether oxygens (including phenoxy) is 4. The molecular weight excluding hydrogens is 1260 g/mol. The Morgan fingerprint density at radius 3 is 0.792 bits per heavy atom. The Balaban J connectivity index is 5.18. The van der Waals surface area contributed by atoms with Gasteiger partial charge in [-0.2, -0.15) is 0 Å². The number of carbonyl (C=O) groups is 4. The van der Waals surface area contributed by atoms with Crippen LogP contribution in [0, 0.1) is 17.8 Å². The Morgan fingerprint density at radius 2 is 0.531 bits per heavy atom. The molecule has 3 unspecified atom stereocenters. The SMILES string of the molecule is CCCCCCCCCCCCCCCCCCCCCCCCC(=O)O[C@H](COC(=O)CCCCCCCCCCCCC(C)CC)COP(=O)(O)OC[C@@H](O)COP(=O)(O)OC[C@@H](COC(=O)CCCCCCCCC(C)C)OC(=O)CCCCCCCCCCC(C)C. The second-order valence-electron chi connectivity index (χ2n) is 28.9. The van der Waals surface area contributed by atoms with E-state index < -0.39 is 97.5 Å². The summed E-state index contributed by atoms with van der Waals surface area (Å²) in [5, 5.41) is 10.6. The third-order valence-corrected chi connectivity index (χ3v) is 20.1. The van der Waals surface area contributed by atoms with Gasteiger partial charge in [0, 0.05) is 25.7 Å². The summed E-state index contributed by atoms with van der Waals surface area (Å²) in [6.07, 6.45) is 54.5. The lowest BCUT2D eigenvalue weighted by atomic mass is 9.99. The van der Waals surface area contributed by atoms with Crippen molar-refractivity contribution in [3.63, 3.8) is 0 Å². The fourth-order valence-electron chi connectivity index (χ4n) is 11.7. The highest BCUT2D eigenvalue weighted by atomic mass is 31.2. The number of carbonyl (C=O) groups excluding carboxylic acids is 4. The van der Waals surface area contributed by atoms with Crippen LogP contribution in [0.3, 0.4) is 0 Å². The van der Waals surface area contributed by atoms with Gasteiger partial charge in [0.25, 0.3) is 0 Å². The van der Waals surface area contributed by atoms with E-state index in [1.807, 2.05) is 0 Å². The topological polar surface area (TPSA) is 237 Å². The molecule has 0 saturated carbocycles. The molecule has 0 aliphatic carbocycles. The van der Waals surface area contributed by atoms with Crippen molar-refractivity contribution >= 4 is 39.5 Å². The zero-order chi connectivity index (χ0) is 70.9. The number of phosphoric ester groups is 2. The summed E-state index contributed by atoms with van der Waals surface area (Å²) in [5.41, 5.74) is 0. The molecule has 0 amide bonds. The third-order valence-electron chi connectivity index (χ3n) is 18.2. The lowest BCUT2D eigenvalue weighted by molar-refractivity contribution is -0.161. The van der Waals surface area contributed by atoms with Crippen molar-refractivity contribution in [2.45, 2.75) is 414 Å². The molecule has 17 nitrogen and oxygen atoms in total. The van der Waals surface area contributed by atoms with Crippen molar-refractivity contribution in [3.8, 4) is 0 Å². The summed E-state index contributed by atoms with van der Waals surface area (Å²) in [7, 11) is -9.91. The Labute approximate surface area is 588 Å². The minimum absolute atomic E-state index is 0.103. The van der Waals surface area contributed by atoms with Gasteiger partial charge in [-0.1, -0.05) is 344 Å². The van der Waals surface area contributed by atoms with Gasteiger partial charge < -0.3 is 33.8 Å². The van der Waals surface area contributed by atoms with Crippen LogP contribution < -0.4 is 0 Å². The molecule has 0 aliphatic heterocycles. The molecule has 0 aromatic carbocycles. The van der Waals surface area contributed by atoms with Crippen molar-refractivity contribution < 1.29 is 80.2 Å². The van der Waals surface area contributed by atoms with E-state index in [1.54, 1.807) is 0 Å². The van der Waals surface area contributed by atoms with Crippen molar-refractivity contribution in [1.29, 1.82) is 0 Å². The largest absolute Gasteiger partial charge is 0.472 e. The van der Waals surface area contributed by atoms with Crippen LogP contribution in [-0.2, 0) is 65.4 Å². The Bertz CT molecular complexity index is 1870. The molecule has 0 fully saturated rings. The number of aliphatic hydroxyl groups is 1. The number of hydrogen-bond donors (Lipinski definition) is 3. The van der Waals surface area contributed by atoms with Crippen molar-refractivity contribution in [3.05, 3.63) is 0 Å². The first-order valence-electron chi connectivity index (χ1n) is 39.9. The van der Waals surface area contributed by atoms with E-state index in [0.29, 0.717) is 31.6 Å².